The second-order valence-electron chi connectivity index (χ2n) is 4.68. The summed E-state index contributed by atoms with van der Waals surface area (Å²) in [5.41, 5.74) is 2.46. The van der Waals surface area contributed by atoms with E-state index < -0.39 is 0 Å². The number of rotatable bonds is 4. The molecule has 0 aliphatic heterocycles. The average molecular weight is 272 g/mol. The number of nitrogens with zero attached hydrogens (tertiary/aromatic N) is 1. The highest BCUT2D eigenvalue weighted by atomic mass is 16.6. The van der Waals surface area contributed by atoms with Crippen LogP contribution in [-0.4, -0.2) is 10.0 Å². The van der Waals surface area contributed by atoms with Gasteiger partial charge >= 0.3 is 0 Å². The van der Waals surface area contributed by atoms with E-state index in [1.54, 1.807) is 36.4 Å². The van der Waals surface area contributed by atoms with Gasteiger partial charge in [0.05, 0.1) is 16.5 Å². The molecule has 0 aliphatic carbocycles. The second-order valence-corrected chi connectivity index (χ2v) is 4.68. The van der Waals surface area contributed by atoms with Crippen molar-refractivity contribution in [3.63, 3.8) is 0 Å². The van der Waals surface area contributed by atoms with Gasteiger partial charge < -0.3 is 10.4 Å². The molecule has 0 amide bonds. The van der Waals surface area contributed by atoms with Crippen molar-refractivity contribution in [1.82, 2.24) is 0 Å². The highest BCUT2D eigenvalue weighted by Gasteiger charge is 2.18. The van der Waals surface area contributed by atoms with Crippen LogP contribution in [0.15, 0.2) is 42.5 Å². The van der Waals surface area contributed by atoms with E-state index in [0.29, 0.717) is 5.56 Å². The van der Waals surface area contributed by atoms with Gasteiger partial charge in [-0.25, -0.2) is 0 Å². The van der Waals surface area contributed by atoms with Crippen LogP contribution in [0.1, 0.15) is 24.1 Å². The van der Waals surface area contributed by atoms with Gasteiger partial charge in [0.15, 0.2) is 0 Å². The third kappa shape index (κ3) is 2.88. The van der Waals surface area contributed by atoms with Gasteiger partial charge in [0.2, 0.25) is 0 Å². The summed E-state index contributed by atoms with van der Waals surface area (Å²) in [4.78, 5) is 10.7. The van der Waals surface area contributed by atoms with E-state index in [1.165, 1.54) is 6.07 Å². The number of nitrogens with one attached hydrogen (secondary N) is 1. The Morgan fingerprint density at radius 2 is 1.95 bits per heavy atom. The first-order valence-corrected chi connectivity index (χ1v) is 6.28. The van der Waals surface area contributed by atoms with E-state index in [4.69, 9.17) is 0 Å². The van der Waals surface area contributed by atoms with Crippen molar-refractivity contribution >= 4 is 11.4 Å². The van der Waals surface area contributed by atoms with Crippen molar-refractivity contribution in [1.29, 1.82) is 0 Å². The number of nitro groups is 1. The molecule has 20 heavy (non-hydrogen) atoms. The lowest BCUT2D eigenvalue weighted by Gasteiger charge is -2.17. The third-order valence-electron chi connectivity index (χ3n) is 3.18. The molecule has 0 fully saturated rings. The van der Waals surface area contributed by atoms with Gasteiger partial charge in [0, 0.05) is 11.8 Å². The fourth-order valence-electron chi connectivity index (χ4n) is 2.14. The molecule has 0 heterocycles. The van der Waals surface area contributed by atoms with E-state index >= 15 is 0 Å². The van der Waals surface area contributed by atoms with E-state index in [9.17, 15) is 15.2 Å². The van der Waals surface area contributed by atoms with Crippen LogP contribution in [0.25, 0.3) is 0 Å². The zero-order chi connectivity index (χ0) is 14.7. The quantitative estimate of drug-likeness (QED) is 0.504. The predicted molar refractivity (Wildman–Crippen MR) is 78.0 cm³/mol. The minimum atomic E-state index is -0.378. The van der Waals surface area contributed by atoms with E-state index in [-0.39, 0.29) is 22.4 Å². The van der Waals surface area contributed by atoms with Gasteiger partial charge in [0.25, 0.3) is 5.69 Å². The van der Waals surface area contributed by atoms with E-state index in [2.05, 4.69) is 5.32 Å². The standard InChI is InChI=1S/C15H16N2O3/c1-10-9-12(18)7-8-14(10)16-11(2)13-5-3-4-6-15(13)17(19)20/h3-9,11,16,18H,1-2H3. The van der Waals surface area contributed by atoms with Gasteiger partial charge in [-0.3, -0.25) is 10.1 Å². The first-order valence-electron chi connectivity index (χ1n) is 6.28. The molecule has 2 aromatic carbocycles. The second kappa shape index (κ2) is 5.61. The molecular weight excluding hydrogens is 256 g/mol. The fourth-order valence-corrected chi connectivity index (χ4v) is 2.14. The van der Waals surface area contributed by atoms with Gasteiger partial charge in [-0.2, -0.15) is 0 Å². The first-order chi connectivity index (χ1) is 9.49. The molecule has 0 saturated heterocycles. The Balaban J connectivity index is 2.28. The Bertz CT molecular complexity index is 641. The summed E-state index contributed by atoms with van der Waals surface area (Å²) in [5, 5.41) is 23.7. The lowest BCUT2D eigenvalue weighted by atomic mass is 10.1. The largest absolute Gasteiger partial charge is 0.508 e. The van der Waals surface area contributed by atoms with E-state index in [1.807, 2.05) is 13.8 Å². The molecule has 0 bridgehead atoms. The van der Waals surface area contributed by atoms with Gasteiger partial charge in [0.1, 0.15) is 5.75 Å². The summed E-state index contributed by atoms with van der Waals surface area (Å²) in [6.07, 6.45) is 0. The van der Waals surface area contributed by atoms with Crippen molar-refractivity contribution in [2.45, 2.75) is 19.9 Å². The zero-order valence-electron chi connectivity index (χ0n) is 11.3. The molecule has 104 valence electrons. The summed E-state index contributed by atoms with van der Waals surface area (Å²) < 4.78 is 0. The molecule has 2 N–H and O–H groups in total. The van der Waals surface area contributed by atoms with Crippen LogP contribution in [0.5, 0.6) is 5.75 Å². The van der Waals surface area contributed by atoms with Crippen LogP contribution in [-0.2, 0) is 0 Å². The predicted octanol–water partition coefficient (Wildman–Crippen LogP) is 3.78. The summed E-state index contributed by atoms with van der Waals surface area (Å²) in [5.74, 6) is 0.200. The zero-order valence-corrected chi connectivity index (χ0v) is 11.3. The Morgan fingerprint density at radius 1 is 1.25 bits per heavy atom. The topological polar surface area (TPSA) is 75.4 Å². The normalized spacial score (nSPS) is 11.9. The fraction of sp³-hybridized carbons (Fsp3) is 0.200. The summed E-state index contributed by atoms with van der Waals surface area (Å²) in [7, 11) is 0. The molecule has 0 spiro atoms. The minimum absolute atomic E-state index is 0.101. The number of aryl methyl sites for hydroxylation is 1. The molecule has 2 rings (SSSR count). The maximum absolute atomic E-state index is 11.0. The van der Waals surface area contributed by atoms with Crippen molar-refractivity contribution in [2.75, 3.05) is 5.32 Å². The average Bonchev–Trinajstić information content (AvgIpc) is 2.41. The van der Waals surface area contributed by atoms with Crippen LogP contribution >= 0.6 is 0 Å². The molecule has 0 aromatic heterocycles. The highest BCUT2D eigenvalue weighted by molar-refractivity contribution is 5.56. The molecule has 0 radical (unpaired) electrons. The first kappa shape index (κ1) is 13.9. The lowest BCUT2D eigenvalue weighted by Crippen LogP contribution is -2.09. The number of phenolic OH excluding ortho intramolecular Hbond substituents is 1. The maximum Gasteiger partial charge on any atom is 0.274 e. The van der Waals surface area contributed by atoms with Crippen LogP contribution in [0.4, 0.5) is 11.4 Å². The Hall–Kier alpha value is -2.56. The molecule has 2 aromatic rings. The van der Waals surface area contributed by atoms with Crippen LogP contribution in [0.3, 0.4) is 0 Å². The monoisotopic (exact) mass is 272 g/mol. The number of benzene rings is 2. The highest BCUT2D eigenvalue weighted by Crippen LogP contribution is 2.29. The van der Waals surface area contributed by atoms with Gasteiger partial charge in [-0.15, -0.1) is 0 Å². The smallest absolute Gasteiger partial charge is 0.274 e. The Morgan fingerprint density at radius 3 is 2.60 bits per heavy atom. The minimum Gasteiger partial charge on any atom is -0.508 e. The number of anilines is 1. The van der Waals surface area contributed by atoms with Gasteiger partial charge in [-0.05, 0) is 37.6 Å². The van der Waals surface area contributed by atoms with Crippen molar-refractivity contribution in [2.24, 2.45) is 0 Å². The van der Waals surface area contributed by atoms with Crippen LogP contribution in [0.2, 0.25) is 0 Å². The molecule has 1 atom stereocenters. The molecule has 0 aliphatic rings. The molecule has 5 heteroatoms. The molecule has 5 nitrogen and oxygen atoms in total. The number of hydrogen-bond donors (Lipinski definition) is 2. The summed E-state index contributed by atoms with van der Waals surface area (Å²) in [6.45, 7) is 3.74. The Kier molecular flexibility index (Phi) is 3.89. The number of nitro benzene ring substituents is 1. The van der Waals surface area contributed by atoms with Crippen molar-refractivity contribution in [3.8, 4) is 5.75 Å². The van der Waals surface area contributed by atoms with Crippen LogP contribution < -0.4 is 5.32 Å². The molecular formula is C15H16N2O3. The Labute approximate surface area is 117 Å². The van der Waals surface area contributed by atoms with Crippen LogP contribution in [0, 0.1) is 17.0 Å². The summed E-state index contributed by atoms with van der Waals surface area (Å²) >= 11 is 0. The van der Waals surface area contributed by atoms with Gasteiger partial charge in [-0.1, -0.05) is 18.2 Å². The number of phenols is 1. The molecule has 1 unspecified atom stereocenters. The number of hydrogen-bond acceptors (Lipinski definition) is 4. The number of aromatic hydroxyl groups is 1. The summed E-state index contributed by atoms with van der Waals surface area (Å²) in [6, 6.07) is 11.5. The van der Waals surface area contributed by atoms with Crippen molar-refractivity contribution in [3.05, 3.63) is 63.7 Å². The lowest BCUT2D eigenvalue weighted by molar-refractivity contribution is -0.385. The molecule has 0 saturated carbocycles. The maximum atomic E-state index is 11.0. The third-order valence-corrected chi connectivity index (χ3v) is 3.18. The SMILES string of the molecule is Cc1cc(O)ccc1NC(C)c1ccccc1[N+](=O)[O-]. The van der Waals surface area contributed by atoms with Crippen molar-refractivity contribution < 1.29 is 10.0 Å². The van der Waals surface area contributed by atoms with E-state index in [0.717, 1.165) is 11.3 Å². The number of para-hydroxylation sites is 1.